The number of unbranched alkanes of at least 4 members (excludes halogenated alkanes) is 1. The smallest absolute Gasteiger partial charge is 0.314 e. The van der Waals surface area contributed by atoms with E-state index in [0.717, 1.165) is 23.6 Å². The molecule has 19 heavy (non-hydrogen) atoms. The van der Waals surface area contributed by atoms with Crippen LogP contribution in [0.3, 0.4) is 0 Å². The minimum Gasteiger partial charge on any atom is -0.481 e. The Morgan fingerprint density at radius 3 is 2.58 bits per heavy atom. The molecule has 0 atom stereocenters. The number of aliphatic carboxylic acids is 1. The number of halogens is 1. The molecule has 0 radical (unpaired) electrons. The molecule has 0 saturated carbocycles. The molecule has 0 aliphatic rings. The van der Waals surface area contributed by atoms with Gasteiger partial charge in [0.25, 0.3) is 0 Å². The molecule has 5 nitrogen and oxygen atoms in total. The van der Waals surface area contributed by atoms with Crippen LogP contribution in [0.15, 0.2) is 12.1 Å². The summed E-state index contributed by atoms with van der Waals surface area (Å²) in [6.07, 6.45) is 2.75. The summed E-state index contributed by atoms with van der Waals surface area (Å²) >= 11 is 7.40. The molecule has 0 fully saturated rings. The van der Waals surface area contributed by atoms with E-state index in [-0.39, 0.29) is 19.0 Å². The molecular weight excluding hydrogens is 288 g/mol. The van der Waals surface area contributed by atoms with Gasteiger partial charge in [0.2, 0.25) is 0 Å². The third-order valence-electron chi connectivity index (χ3n) is 2.39. The normalized spacial score (nSPS) is 10.2. The minimum atomic E-state index is -0.921. The molecule has 2 amide bonds. The number of thiophene rings is 1. The number of carbonyl (C=O) groups is 2. The molecule has 1 aromatic heterocycles. The molecule has 0 unspecified atom stereocenters. The molecular formula is C12H17ClN2O3S. The summed E-state index contributed by atoms with van der Waals surface area (Å²) < 4.78 is 0.797. The molecule has 106 valence electrons. The van der Waals surface area contributed by atoms with Gasteiger partial charge in [0.05, 0.1) is 10.8 Å². The van der Waals surface area contributed by atoms with Crippen LogP contribution in [-0.4, -0.2) is 30.2 Å². The predicted octanol–water partition coefficient (Wildman–Crippen LogP) is 2.50. The first kappa shape index (κ1) is 15.8. The first-order chi connectivity index (χ1) is 9.08. The van der Waals surface area contributed by atoms with Gasteiger partial charge in [-0.15, -0.1) is 11.3 Å². The van der Waals surface area contributed by atoms with E-state index in [1.807, 2.05) is 12.1 Å². The van der Waals surface area contributed by atoms with Gasteiger partial charge in [-0.3, -0.25) is 4.79 Å². The van der Waals surface area contributed by atoms with E-state index < -0.39 is 5.97 Å². The number of carboxylic acids is 1. The van der Waals surface area contributed by atoms with Crippen molar-refractivity contribution in [3.8, 4) is 0 Å². The Labute approximate surface area is 121 Å². The topological polar surface area (TPSA) is 78.4 Å². The van der Waals surface area contributed by atoms with Crippen molar-refractivity contribution in [2.75, 3.05) is 13.1 Å². The Balaban J connectivity index is 1.98. The number of carbonyl (C=O) groups excluding carboxylic acids is 1. The summed E-state index contributed by atoms with van der Waals surface area (Å²) in [5.74, 6) is -0.921. The third kappa shape index (κ3) is 7.69. The number of carboxylic acid groups (broad SMARTS) is 1. The Morgan fingerprint density at radius 2 is 1.95 bits per heavy atom. The number of hydrogen-bond donors (Lipinski definition) is 3. The van der Waals surface area contributed by atoms with Crippen LogP contribution in [0, 0.1) is 0 Å². The predicted molar refractivity (Wildman–Crippen MR) is 75.9 cm³/mol. The van der Waals surface area contributed by atoms with Crippen LogP contribution in [-0.2, 0) is 11.2 Å². The zero-order valence-electron chi connectivity index (χ0n) is 10.4. The van der Waals surface area contributed by atoms with Gasteiger partial charge in [-0.05, 0) is 31.4 Å². The number of aryl methyl sites for hydroxylation is 1. The molecule has 0 spiro atoms. The molecule has 1 heterocycles. The van der Waals surface area contributed by atoms with Gasteiger partial charge in [-0.1, -0.05) is 11.6 Å². The molecule has 1 aromatic rings. The van der Waals surface area contributed by atoms with Gasteiger partial charge in [0.1, 0.15) is 0 Å². The quantitative estimate of drug-likeness (QED) is 0.646. The van der Waals surface area contributed by atoms with Crippen molar-refractivity contribution in [1.29, 1.82) is 0 Å². The average Bonchev–Trinajstić information content (AvgIpc) is 2.74. The molecule has 0 saturated heterocycles. The lowest BCUT2D eigenvalue weighted by atomic mass is 10.2. The number of nitrogens with one attached hydrogen (secondary N) is 2. The van der Waals surface area contributed by atoms with E-state index in [1.165, 1.54) is 4.88 Å². The number of rotatable bonds is 8. The lowest BCUT2D eigenvalue weighted by molar-refractivity contribution is -0.136. The maximum atomic E-state index is 11.2. The van der Waals surface area contributed by atoms with Gasteiger partial charge in [0.15, 0.2) is 0 Å². The van der Waals surface area contributed by atoms with Gasteiger partial charge in [-0.2, -0.15) is 0 Å². The summed E-state index contributed by atoms with van der Waals surface area (Å²) in [7, 11) is 0. The average molecular weight is 305 g/mol. The molecule has 7 heteroatoms. The van der Waals surface area contributed by atoms with E-state index >= 15 is 0 Å². The second-order valence-electron chi connectivity index (χ2n) is 3.99. The third-order valence-corrected chi connectivity index (χ3v) is 3.68. The largest absolute Gasteiger partial charge is 0.481 e. The summed E-state index contributed by atoms with van der Waals surface area (Å²) in [6, 6.07) is 3.58. The van der Waals surface area contributed by atoms with E-state index in [1.54, 1.807) is 11.3 Å². The fraction of sp³-hybridized carbons (Fsp3) is 0.500. The fourth-order valence-corrected chi connectivity index (χ4v) is 2.59. The monoisotopic (exact) mass is 304 g/mol. The Bertz CT molecular complexity index is 423. The Morgan fingerprint density at radius 1 is 1.21 bits per heavy atom. The van der Waals surface area contributed by atoms with Crippen LogP contribution in [0.5, 0.6) is 0 Å². The maximum absolute atomic E-state index is 11.2. The number of amides is 2. The van der Waals surface area contributed by atoms with Crippen LogP contribution >= 0.6 is 22.9 Å². The second kappa shape index (κ2) is 8.77. The molecule has 3 N–H and O–H groups in total. The van der Waals surface area contributed by atoms with Crippen LogP contribution in [0.4, 0.5) is 4.79 Å². The molecule has 0 aromatic carbocycles. The fourth-order valence-electron chi connectivity index (χ4n) is 1.46. The molecule has 0 aliphatic heterocycles. The SMILES string of the molecule is O=C(O)CCNC(=O)NCCCCc1ccc(Cl)s1. The Hall–Kier alpha value is -1.27. The lowest BCUT2D eigenvalue weighted by Crippen LogP contribution is -2.37. The molecule has 0 bridgehead atoms. The van der Waals surface area contributed by atoms with Gasteiger partial charge < -0.3 is 15.7 Å². The number of hydrogen-bond acceptors (Lipinski definition) is 3. The Kier molecular flexibility index (Phi) is 7.28. The van der Waals surface area contributed by atoms with Crippen molar-refractivity contribution in [2.24, 2.45) is 0 Å². The first-order valence-electron chi connectivity index (χ1n) is 6.05. The van der Waals surface area contributed by atoms with Gasteiger partial charge in [0, 0.05) is 18.0 Å². The van der Waals surface area contributed by atoms with Crippen molar-refractivity contribution in [3.05, 3.63) is 21.3 Å². The van der Waals surface area contributed by atoms with E-state index in [4.69, 9.17) is 16.7 Å². The summed E-state index contributed by atoms with van der Waals surface area (Å²) in [4.78, 5) is 22.7. The highest BCUT2D eigenvalue weighted by Crippen LogP contribution is 2.22. The molecule has 0 aliphatic carbocycles. The van der Waals surface area contributed by atoms with E-state index in [9.17, 15) is 9.59 Å². The minimum absolute atomic E-state index is 0.0629. The van der Waals surface area contributed by atoms with Crippen molar-refractivity contribution in [3.63, 3.8) is 0 Å². The summed E-state index contributed by atoms with van der Waals surface area (Å²) in [5.41, 5.74) is 0. The van der Waals surface area contributed by atoms with Crippen LogP contribution in [0.1, 0.15) is 24.1 Å². The highest BCUT2D eigenvalue weighted by atomic mass is 35.5. The van der Waals surface area contributed by atoms with E-state index in [2.05, 4.69) is 10.6 Å². The summed E-state index contributed by atoms with van der Waals surface area (Å²) in [6.45, 7) is 0.729. The lowest BCUT2D eigenvalue weighted by Gasteiger charge is -2.06. The zero-order valence-corrected chi connectivity index (χ0v) is 12.0. The zero-order chi connectivity index (χ0) is 14.1. The van der Waals surface area contributed by atoms with Crippen LogP contribution in [0.25, 0.3) is 0 Å². The first-order valence-corrected chi connectivity index (χ1v) is 7.25. The van der Waals surface area contributed by atoms with Crippen molar-refractivity contribution in [2.45, 2.75) is 25.7 Å². The highest BCUT2D eigenvalue weighted by molar-refractivity contribution is 7.16. The van der Waals surface area contributed by atoms with Crippen LogP contribution in [0.2, 0.25) is 4.34 Å². The van der Waals surface area contributed by atoms with Crippen molar-refractivity contribution in [1.82, 2.24) is 10.6 Å². The van der Waals surface area contributed by atoms with Gasteiger partial charge >= 0.3 is 12.0 Å². The maximum Gasteiger partial charge on any atom is 0.314 e. The van der Waals surface area contributed by atoms with Crippen LogP contribution < -0.4 is 10.6 Å². The van der Waals surface area contributed by atoms with Crippen molar-refractivity contribution < 1.29 is 14.7 Å². The van der Waals surface area contributed by atoms with Crippen molar-refractivity contribution >= 4 is 34.9 Å². The second-order valence-corrected chi connectivity index (χ2v) is 5.79. The number of urea groups is 1. The van der Waals surface area contributed by atoms with E-state index in [0.29, 0.717) is 6.54 Å². The van der Waals surface area contributed by atoms with Gasteiger partial charge in [-0.25, -0.2) is 4.79 Å². The standard InChI is InChI=1S/C12H17ClN2O3S/c13-10-5-4-9(19-10)3-1-2-7-14-12(18)15-8-6-11(16)17/h4-5H,1-3,6-8H2,(H,16,17)(H2,14,15,18). The summed E-state index contributed by atoms with van der Waals surface area (Å²) in [5, 5.41) is 13.6. The molecule has 1 rings (SSSR count). The highest BCUT2D eigenvalue weighted by Gasteiger charge is 2.02.